The molecule has 2 N–H and O–H groups in total. The summed E-state index contributed by atoms with van der Waals surface area (Å²) in [5.74, 6) is -1.19. The van der Waals surface area contributed by atoms with Crippen molar-refractivity contribution in [3.63, 3.8) is 0 Å². The molecule has 0 radical (unpaired) electrons. The lowest BCUT2D eigenvalue weighted by Crippen LogP contribution is -2.16. The molecule has 1 amide bonds. The standard InChI is InChI=1S/C14H13N3O4/c1-8(9(2)14(19)20)12(18)16-11-5-3-10(4-6-11)13-17-15-7-21-13/h3-7H,1-2H3,(H,16,18)(H,19,20). The van der Waals surface area contributed by atoms with Crippen LogP contribution in [0.1, 0.15) is 13.8 Å². The topological polar surface area (TPSA) is 105 Å². The van der Waals surface area contributed by atoms with Gasteiger partial charge in [0.05, 0.1) is 0 Å². The van der Waals surface area contributed by atoms with Gasteiger partial charge in [0.1, 0.15) is 0 Å². The molecular formula is C14H13N3O4. The van der Waals surface area contributed by atoms with Gasteiger partial charge in [-0.25, -0.2) is 4.79 Å². The zero-order valence-corrected chi connectivity index (χ0v) is 11.5. The van der Waals surface area contributed by atoms with Gasteiger partial charge in [0, 0.05) is 22.4 Å². The van der Waals surface area contributed by atoms with Crippen LogP contribution in [0, 0.1) is 0 Å². The first-order chi connectivity index (χ1) is 9.99. The molecule has 0 unspecified atom stereocenters. The van der Waals surface area contributed by atoms with Gasteiger partial charge in [-0.15, -0.1) is 10.2 Å². The minimum absolute atomic E-state index is 0.00924. The number of carboxylic acid groups (broad SMARTS) is 1. The largest absolute Gasteiger partial charge is 0.478 e. The molecule has 2 rings (SSSR count). The minimum atomic E-state index is -1.12. The molecule has 1 aromatic carbocycles. The fourth-order valence-electron chi connectivity index (χ4n) is 1.55. The second kappa shape index (κ2) is 6.00. The predicted octanol–water partition coefficient (Wildman–Crippen LogP) is 2.10. The van der Waals surface area contributed by atoms with E-state index in [0.29, 0.717) is 11.6 Å². The first-order valence-electron chi connectivity index (χ1n) is 6.07. The van der Waals surface area contributed by atoms with E-state index in [2.05, 4.69) is 15.5 Å². The SMILES string of the molecule is CC(C(=O)O)=C(C)C(=O)Nc1ccc(-c2nnco2)cc1. The fraction of sp³-hybridized carbons (Fsp3) is 0.143. The van der Waals surface area contributed by atoms with Crippen molar-refractivity contribution in [1.82, 2.24) is 10.2 Å². The summed E-state index contributed by atoms with van der Waals surface area (Å²) in [4.78, 5) is 22.7. The third-order valence-electron chi connectivity index (χ3n) is 2.97. The number of amides is 1. The number of hydrogen-bond donors (Lipinski definition) is 2. The molecular weight excluding hydrogens is 274 g/mol. The Kier molecular flexibility index (Phi) is 4.13. The first-order valence-corrected chi connectivity index (χ1v) is 6.07. The lowest BCUT2D eigenvalue weighted by molar-refractivity contribution is -0.133. The molecule has 0 aliphatic heterocycles. The van der Waals surface area contributed by atoms with Crippen molar-refractivity contribution in [2.75, 3.05) is 5.32 Å². The molecule has 2 aromatic rings. The number of carboxylic acids is 1. The van der Waals surface area contributed by atoms with Gasteiger partial charge < -0.3 is 14.8 Å². The highest BCUT2D eigenvalue weighted by molar-refractivity contribution is 6.08. The Balaban J connectivity index is 2.12. The van der Waals surface area contributed by atoms with Crippen molar-refractivity contribution < 1.29 is 19.1 Å². The zero-order valence-electron chi connectivity index (χ0n) is 11.5. The maximum atomic E-state index is 11.9. The molecule has 0 fully saturated rings. The van der Waals surface area contributed by atoms with Gasteiger partial charge >= 0.3 is 5.97 Å². The summed E-state index contributed by atoms with van der Waals surface area (Å²) in [5.41, 5.74) is 1.43. The van der Waals surface area contributed by atoms with Crippen molar-refractivity contribution in [2.24, 2.45) is 0 Å². The molecule has 108 valence electrons. The predicted molar refractivity (Wildman–Crippen MR) is 74.4 cm³/mol. The molecule has 0 aliphatic rings. The van der Waals surface area contributed by atoms with Crippen LogP contribution in [-0.2, 0) is 9.59 Å². The lowest BCUT2D eigenvalue weighted by atomic mass is 10.1. The van der Waals surface area contributed by atoms with Crippen molar-refractivity contribution in [3.05, 3.63) is 41.8 Å². The second-order valence-electron chi connectivity index (χ2n) is 4.33. The Morgan fingerprint density at radius 1 is 1.14 bits per heavy atom. The molecule has 0 saturated carbocycles. The molecule has 0 spiro atoms. The Labute approximate surface area is 120 Å². The van der Waals surface area contributed by atoms with E-state index in [4.69, 9.17) is 9.52 Å². The molecule has 1 heterocycles. The van der Waals surface area contributed by atoms with E-state index in [1.54, 1.807) is 24.3 Å². The fourth-order valence-corrected chi connectivity index (χ4v) is 1.55. The number of rotatable bonds is 4. The summed E-state index contributed by atoms with van der Waals surface area (Å²) < 4.78 is 5.05. The highest BCUT2D eigenvalue weighted by Crippen LogP contribution is 2.19. The van der Waals surface area contributed by atoms with Crippen molar-refractivity contribution in [3.8, 4) is 11.5 Å². The Morgan fingerprint density at radius 2 is 1.81 bits per heavy atom. The van der Waals surface area contributed by atoms with Gasteiger partial charge in [0.2, 0.25) is 12.3 Å². The number of aliphatic carboxylic acids is 1. The maximum absolute atomic E-state index is 11.9. The van der Waals surface area contributed by atoms with E-state index in [-0.39, 0.29) is 11.1 Å². The van der Waals surface area contributed by atoms with E-state index < -0.39 is 11.9 Å². The number of nitrogens with zero attached hydrogens (tertiary/aromatic N) is 2. The van der Waals surface area contributed by atoms with E-state index in [1.165, 1.54) is 20.2 Å². The van der Waals surface area contributed by atoms with Gasteiger partial charge in [0.25, 0.3) is 5.91 Å². The van der Waals surface area contributed by atoms with E-state index in [0.717, 1.165) is 5.56 Å². The normalized spacial score (nSPS) is 11.7. The number of carbonyl (C=O) groups is 2. The Bertz CT molecular complexity index is 688. The number of carbonyl (C=O) groups excluding carboxylic acids is 1. The van der Waals surface area contributed by atoms with E-state index in [1.807, 2.05) is 0 Å². The molecule has 0 bridgehead atoms. The highest BCUT2D eigenvalue weighted by atomic mass is 16.4. The van der Waals surface area contributed by atoms with E-state index >= 15 is 0 Å². The summed E-state index contributed by atoms with van der Waals surface area (Å²) in [6.45, 7) is 2.85. The summed E-state index contributed by atoms with van der Waals surface area (Å²) in [7, 11) is 0. The van der Waals surface area contributed by atoms with Crippen LogP contribution in [0.5, 0.6) is 0 Å². The number of hydrogen-bond acceptors (Lipinski definition) is 5. The van der Waals surface area contributed by atoms with Crippen LogP contribution < -0.4 is 5.32 Å². The van der Waals surface area contributed by atoms with Crippen molar-refractivity contribution in [1.29, 1.82) is 0 Å². The minimum Gasteiger partial charge on any atom is -0.478 e. The monoisotopic (exact) mass is 287 g/mol. The molecule has 7 nitrogen and oxygen atoms in total. The quantitative estimate of drug-likeness (QED) is 0.834. The van der Waals surface area contributed by atoms with Crippen molar-refractivity contribution in [2.45, 2.75) is 13.8 Å². The average Bonchev–Trinajstić information content (AvgIpc) is 3.00. The summed E-state index contributed by atoms with van der Waals surface area (Å²) in [5, 5.41) is 18.8. The first kappa shape index (κ1) is 14.4. The van der Waals surface area contributed by atoms with Crippen LogP contribution >= 0.6 is 0 Å². The smallest absolute Gasteiger partial charge is 0.331 e. The summed E-state index contributed by atoms with van der Waals surface area (Å²) in [6.07, 6.45) is 1.23. The van der Waals surface area contributed by atoms with Crippen LogP contribution in [0.2, 0.25) is 0 Å². The summed E-state index contributed by atoms with van der Waals surface area (Å²) in [6, 6.07) is 6.76. The average molecular weight is 287 g/mol. The molecule has 0 aliphatic carbocycles. The summed E-state index contributed by atoms with van der Waals surface area (Å²) >= 11 is 0. The molecule has 21 heavy (non-hydrogen) atoms. The number of aromatic nitrogens is 2. The van der Waals surface area contributed by atoms with Gasteiger partial charge in [0.15, 0.2) is 0 Å². The third-order valence-corrected chi connectivity index (χ3v) is 2.97. The number of benzene rings is 1. The zero-order chi connectivity index (χ0) is 15.4. The number of nitrogens with one attached hydrogen (secondary N) is 1. The maximum Gasteiger partial charge on any atom is 0.331 e. The Hall–Kier alpha value is -2.96. The van der Waals surface area contributed by atoms with Crippen LogP contribution in [0.15, 0.2) is 46.2 Å². The Morgan fingerprint density at radius 3 is 2.33 bits per heavy atom. The van der Waals surface area contributed by atoms with Gasteiger partial charge in [-0.1, -0.05) is 0 Å². The number of anilines is 1. The highest BCUT2D eigenvalue weighted by Gasteiger charge is 2.13. The second-order valence-corrected chi connectivity index (χ2v) is 4.33. The van der Waals surface area contributed by atoms with Gasteiger partial charge in [-0.2, -0.15) is 0 Å². The molecule has 1 aromatic heterocycles. The van der Waals surface area contributed by atoms with Crippen LogP contribution in [0.3, 0.4) is 0 Å². The van der Waals surface area contributed by atoms with Crippen LogP contribution in [-0.4, -0.2) is 27.2 Å². The molecule has 0 saturated heterocycles. The van der Waals surface area contributed by atoms with E-state index in [9.17, 15) is 9.59 Å². The van der Waals surface area contributed by atoms with Crippen LogP contribution in [0.4, 0.5) is 5.69 Å². The van der Waals surface area contributed by atoms with Gasteiger partial charge in [-0.05, 0) is 38.1 Å². The molecule has 7 heteroatoms. The van der Waals surface area contributed by atoms with Crippen molar-refractivity contribution >= 4 is 17.6 Å². The van der Waals surface area contributed by atoms with Gasteiger partial charge in [-0.3, -0.25) is 4.79 Å². The van der Waals surface area contributed by atoms with Crippen LogP contribution in [0.25, 0.3) is 11.5 Å². The molecule has 0 atom stereocenters. The third kappa shape index (κ3) is 3.33. The lowest BCUT2D eigenvalue weighted by Gasteiger charge is -2.07.